The van der Waals surface area contributed by atoms with E-state index < -0.39 is 0 Å². The molecule has 4 rings (SSSR count). The van der Waals surface area contributed by atoms with Gasteiger partial charge in [0.05, 0.1) is 0 Å². The molecule has 0 aliphatic heterocycles. The van der Waals surface area contributed by atoms with Crippen molar-refractivity contribution in [1.82, 2.24) is 5.32 Å². The fourth-order valence-corrected chi connectivity index (χ4v) is 5.79. The van der Waals surface area contributed by atoms with Gasteiger partial charge in [0.2, 0.25) is 0 Å². The summed E-state index contributed by atoms with van der Waals surface area (Å²) in [7, 11) is 0. The van der Waals surface area contributed by atoms with E-state index >= 15 is 0 Å². The van der Waals surface area contributed by atoms with Crippen LogP contribution in [0, 0.1) is 29.6 Å². The van der Waals surface area contributed by atoms with Crippen molar-refractivity contribution < 1.29 is 0 Å². The molecule has 4 aliphatic rings. The van der Waals surface area contributed by atoms with Crippen molar-refractivity contribution in [3.63, 3.8) is 0 Å². The quantitative estimate of drug-likeness (QED) is 0.659. The highest BCUT2D eigenvalue weighted by molar-refractivity contribution is 5.02. The van der Waals surface area contributed by atoms with Crippen molar-refractivity contribution in [2.45, 2.75) is 71.3 Å². The lowest BCUT2D eigenvalue weighted by molar-refractivity contribution is -0.0528. The standard InChI is InChI=1S/C19H33N/c1-4-7-20-18(6-5-13(2)3)19-16-9-14-8-15(11-16)12-17(19)10-14/h14-20H,2,4-12H2,1,3H3. The minimum absolute atomic E-state index is 0.765. The van der Waals surface area contributed by atoms with Crippen LogP contribution < -0.4 is 5.32 Å². The second-order valence-electron chi connectivity index (χ2n) is 8.06. The van der Waals surface area contributed by atoms with Crippen LogP contribution in [-0.4, -0.2) is 12.6 Å². The zero-order valence-electron chi connectivity index (χ0n) is 13.5. The van der Waals surface area contributed by atoms with Gasteiger partial charge in [-0.25, -0.2) is 0 Å². The van der Waals surface area contributed by atoms with Gasteiger partial charge in [0.15, 0.2) is 0 Å². The monoisotopic (exact) mass is 275 g/mol. The third kappa shape index (κ3) is 2.98. The molecule has 1 nitrogen and oxygen atoms in total. The van der Waals surface area contributed by atoms with E-state index in [9.17, 15) is 0 Å². The average molecular weight is 275 g/mol. The highest BCUT2D eigenvalue weighted by atomic mass is 14.9. The first-order chi connectivity index (χ1) is 9.67. The lowest BCUT2D eigenvalue weighted by atomic mass is 9.50. The van der Waals surface area contributed by atoms with E-state index in [0.717, 1.165) is 35.6 Å². The Hall–Kier alpha value is -0.300. The van der Waals surface area contributed by atoms with Gasteiger partial charge in [-0.1, -0.05) is 12.5 Å². The maximum absolute atomic E-state index is 4.12. The second-order valence-corrected chi connectivity index (χ2v) is 8.06. The van der Waals surface area contributed by atoms with Crippen molar-refractivity contribution in [1.29, 1.82) is 0 Å². The van der Waals surface area contributed by atoms with Gasteiger partial charge in [0, 0.05) is 6.04 Å². The van der Waals surface area contributed by atoms with Crippen molar-refractivity contribution in [3.05, 3.63) is 12.2 Å². The summed E-state index contributed by atoms with van der Waals surface area (Å²) in [5, 5.41) is 3.91. The molecule has 1 unspecified atom stereocenters. The number of nitrogens with one attached hydrogen (secondary N) is 1. The van der Waals surface area contributed by atoms with E-state index in [0.29, 0.717) is 0 Å². The van der Waals surface area contributed by atoms with Gasteiger partial charge in [0.25, 0.3) is 0 Å². The summed E-state index contributed by atoms with van der Waals surface area (Å²) in [4.78, 5) is 0. The lowest BCUT2D eigenvalue weighted by Gasteiger charge is -2.56. The Morgan fingerprint density at radius 1 is 1.10 bits per heavy atom. The fourth-order valence-electron chi connectivity index (χ4n) is 5.79. The molecule has 20 heavy (non-hydrogen) atoms. The van der Waals surface area contributed by atoms with Gasteiger partial charge in [0.1, 0.15) is 0 Å². The summed E-state index contributed by atoms with van der Waals surface area (Å²) in [6.45, 7) is 9.79. The Kier molecular flexibility index (Phi) is 4.55. The van der Waals surface area contributed by atoms with Gasteiger partial charge in [-0.05, 0) is 94.4 Å². The Bertz CT molecular complexity index is 318. The molecule has 1 atom stereocenters. The summed E-state index contributed by atoms with van der Waals surface area (Å²) >= 11 is 0. The predicted octanol–water partition coefficient (Wildman–Crippen LogP) is 4.78. The molecular weight excluding hydrogens is 242 g/mol. The van der Waals surface area contributed by atoms with Crippen molar-refractivity contribution in [3.8, 4) is 0 Å². The summed E-state index contributed by atoms with van der Waals surface area (Å²) in [6.07, 6.45) is 11.6. The van der Waals surface area contributed by atoms with Crippen molar-refractivity contribution in [2.24, 2.45) is 29.6 Å². The molecule has 114 valence electrons. The third-order valence-corrected chi connectivity index (χ3v) is 6.30. The van der Waals surface area contributed by atoms with Gasteiger partial charge < -0.3 is 5.32 Å². The van der Waals surface area contributed by atoms with Crippen LogP contribution in [0.25, 0.3) is 0 Å². The van der Waals surface area contributed by atoms with Crippen molar-refractivity contribution in [2.75, 3.05) is 6.54 Å². The van der Waals surface area contributed by atoms with E-state index in [-0.39, 0.29) is 0 Å². The van der Waals surface area contributed by atoms with E-state index in [1.54, 1.807) is 32.1 Å². The molecule has 0 amide bonds. The van der Waals surface area contributed by atoms with Crippen LogP contribution in [0.2, 0.25) is 0 Å². The van der Waals surface area contributed by atoms with Crippen LogP contribution in [-0.2, 0) is 0 Å². The molecule has 0 aromatic rings. The molecule has 4 bridgehead atoms. The number of rotatable bonds is 7. The minimum Gasteiger partial charge on any atom is -0.314 e. The molecule has 0 aromatic heterocycles. The molecule has 0 aromatic carbocycles. The van der Waals surface area contributed by atoms with Gasteiger partial charge in [-0.2, -0.15) is 0 Å². The lowest BCUT2D eigenvalue weighted by Crippen LogP contribution is -2.53. The van der Waals surface area contributed by atoms with E-state index in [4.69, 9.17) is 0 Å². The fraction of sp³-hybridized carbons (Fsp3) is 0.895. The van der Waals surface area contributed by atoms with Gasteiger partial charge in [-0.3, -0.25) is 0 Å². The topological polar surface area (TPSA) is 12.0 Å². The first-order valence-corrected chi connectivity index (χ1v) is 9.05. The average Bonchev–Trinajstić information content (AvgIpc) is 2.39. The molecule has 0 saturated heterocycles. The molecule has 0 spiro atoms. The summed E-state index contributed by atoms with van der Waals surface area (Å²) < 4.78 is 0. The van der Waals surface area contributed by atoms with Crippen LogP contribution >= 0.6 is 0 Å². The SMILES string of the molecule is C=C(C)CCC(NCCC)C1C2CC3CC(C2)CC1C3. The summed E-state index contributed by atoms with van der Waals surface area (Å²) in [5.41, 5.74) is 1.36. The van der Waals surface area contributed by atoms with Crippen LogP contribution in [0.3, 0.4) is 0 Å². The molecule has 0 radical (unpaired) electrons. The van der Waals surface area contributed by atoms with Crippen LogP contribution in [0.4, 0.5) is 0 Å². The molecular formula is C19H33N. The highest BCUT2D eigenvalue weighted by Gasteiger charge is 2.50. The maximum Gasteiger partial charge on any atom is 0.0104 e. The zero-order valence-corrected chi connectivity index (χ0v) is 13.5. The molecule has 4 fully saturated rings. The smallest absolute Gasteiger partial charge is 0.0104 e. The van der Waals surface area contributed by atoms with Gasteiger partial charge in [-0.15, -0.1) is 6.58 Å². The summed E-state index contributed by atoms with van der Waals surface area (Å²) in [5.74, 6) is 5.27. The number of hydrogen-bond donors (Lipinski definition) is 1. The van der Waals surface area contributed by atoms with Crippen LogP contribution in [0.15, 0.2) is 12.2 Å². The molecule has 4 aliphatic carbocycles. The third-order valence-electron chi connectivity index (χ3n) is 6.30. The van der Waals surface area contributed by atoms with E-state index in [1.807, 2.05) is 0 Å². The Labute approximate surface area is 125 Å². The Balaban J connectivity index is 1.67. The van der Waals surface area contributed by atoms with E-state index in [2.05, 4.69) is 25.7 Å². The molecule has 1 N–H and O–H groups in total. The normalized spacial score (nSPS) is 40.0. The van der Waals surface area contributed by atoms with E-state index in [1.165, 1.54) is 31.4 Å². The Morgan fingerprint density at radius 2 is 1.70 bits per heavy atom. The first kappa shape index (κ1) is 14.6. The first-order valence-electron chi connectivity index (χ1n) is 9.05. The molecule has 0 heterocycles. The maximum atomic E-state index is 4.12. The largest absolute Gasteiger partial charge is 0.314 e. The van der Waals surface area contributed by atoms with Crippen molar-refractivity contribution >= 4 is 0 Å². The minimum atomic E-state index is 0.765. The highest BCUT2D eigenvalue weighted by Crippen LogP contribution is 2.57. The van der Waals surface area contributed by atoms with Gasteiger partial charge >= 0.3 is 0 Å². The molecule has 1 heteroatoms. The summed E-state index contributed by atoms with van der Waals surface area (Å²) in [6, 6.07) is 0.765. The zero-order chi connectivity index (χ0) is 14.1. The number of hydrogen-bond acceptors (Lipinski definition) is 1. The number of allylic oxidation sites excluding steroid dienone is 1. The predicted molar refractivity (Wildman–Crippen MR) is 86.7 cm³/mol. The Morgan fingerprint density at radius 3 is 2.20 bits per heavy atom. The second kappa shape index (κ2) is 6.22. The van der Waals surface area contributed by atoms with Crippen LogP contribution in [0.5, 0.6) is 0 Å². The molecule has 4 saturated carbocycles. The van der Waals surface area contributed by atoms with Crippen LogP contribution in [0.1, 0.15) is 65.2 Å².